The van der Waals surface area contributed by atoms with E-state index in [1.165, 1.54) is 180 Å². The van der Waals surface area contributed by atoms with Crippen molar-refractivity contribution in [2.45, 2.75) is 257 Å². The van der Waals surface area contributed by atoms with E-state index < -0.39 is 24.2 Å². The van der Waals surface area contributed by atoms with Gasteiger partial charge in [0.25, 0.3) is 0 Å². The second kappa shape index (κ2) is 38.2. The predicted octanol–water partition coefficient (Wildman–Crippen LogP) is 11.9. The Kier molecular flexibility index (Phi) is 37.6. The maximum absolute atomic E-state index is 12.4. The van der Waals surface area contributed by atoms with Gasteiger partial charge in [0.1, 0.15) is 6.10 Å². The molecule has 0 aliphatic rings. The third-order valence-electron chi connectivity index (χ3n) is 10.2. The van der Waals surface area contributed by atoms with E-state index in [0.717, 1.165) is 32.1 Å². The lowest BCUT2D eigenvalue weighted by molar-refractivity contribution is -0.131. The molecule has 0 radical (unpaired) electrons. The molecule has 0 saturated heterocycles. The smallest absolute Gasteiger partial charge is 0.249 e. The quantitative estimate of drug-likeness (QED) is 0.0491. The van der Waals surface area contributed by atoms with Gasteiger partial charge in [-0.3, -0.25) is 4.79 Å². The van der Waals surface area contributed by atoms with Crippen molar-refractivity contribution >= 4 is 5.91 Å². The van der Waals surface area contributed by atoms with Crippen LogP contribution in [-0.2, 0) is 4.79 Å². The van der Waals surface area contributed by atoms with E-state index in [1.807, 2.05) is 0 Å². The number of nitrogens with one attached hydrogen (secondary N) is 1. The van der Waals surface area contributed by atoms with Crippen LogP contribution in [0.15, 0.2) is 0 Å². The molecule has 0 rings (SSSR count). The molecule has 5 heteroatoms. The topological polar surface area (TPSA) is 89.8 Å². The van der Waals surface area contributed by atoms with Gasteiger partial charge in [-0.05, 0) is 12.8 Å². The second-order valence-electron chi connectivity index (χ2n) is 14.9. The molecule has 3 unspecified atom stereocenters. The van der Waals surface area contributed by atoms with Crippen LogP contribution in [0.2, 0.25) is 0 Å². The summed E-state index contributed by atoms with van der Waals surface area (Å²) in [7, 11) is 0. The molecule has 3 atom stereocenters. The van der Waals surface area contributed by atoms with Gasteiger partial charge < -0.3 is 20.6 Å². The number of amides is 1. The molecule has 0 spiro atoms. The summed E-state index contributed by atoms with van der Waals surface area (Å²) < 4.78 is 0. The number of aliphatic hydroxyl groups is 3. The molecule has 0 saturated carbocycles. The van der Waals surface area contributed by atoms with Gasteiger partial charge >= 0.3 is 0 Å². The molecule has 0 aliphatic carbocycles. The van der Waals surface area contributed by atoms with E-state index >= 15 is 0 Å². The van der Waals surface area contributed by atoms with E-state index in [0.29, 0.717) is 12.8 Å². The molecule has 47 heavy (non-hydrogen) atoms. The molecule has 282 valence electrons. The van der Waals surface area contributed by atoms with Crippen molar-refractivity contribution < 1.29 is 20.1 Å². The predicted molar refractivity (Wildman–Crippen MR) is 204 cm³/mol. The van der Waals surface area contributed by atoms with Crippen LogP contribution in [0.3, 0.4) is 0 Å². The van der Waals surface area contributed by atoms with E-state index in [2.05, 4.69) is 19.2 Å². The lowest BCUT2D eigenvalue weighted by Gasteiger charge is -2.23. The molecular formula is C42H85NO4. The minimum absolute atomic E-state index is 0.309. The van der Waals surface area contributed by atoms with Crippen molar-refractivity contribution in [2.75, 3.05) is 6.61 Å². The average Bonchev–Trinajstić information content (AvgIpc) is 3.07. The minimum atomic E-state index is -1.06. The van der Waals surface area contributed by atoms with E-state index in [-0.39, 0.29) is 6.61 Å². The molecule has 0 fully saturated rings. The van der Waals surface area contributed by atoms with Crippen molar-refractivity contribution in [1.82, 2.24) is 5.32 Å². The summed E-state index contributed by atoms with van der Waals surface area (Å²) in [6.07, 6.45) is 42.7. The van der Waals surface area contributed by atoms with Gasteiger partial charge in [-0.25, -0.2) is 0 Å². The fourth-order valence-electron chi connectivity index (χ4n) is 6.84. The van der Waals surface area contributed by atoms with E-state index in [1.54, 1.807) is 0 Å². The van der Waals surface area contributed by atoms with Crippen LogP contribution in [0.1, 0.15) is 239 Å². The highest BCUT2D eigenvalue weighted by Crippen LogP contribution is 2.17. The summed E-state index contributed by atoms with van der Waals surface area (Å²) >= 11 is 0. The van der Waals surface area contributed by atoms with Crippen LogP contribution in [0.5, 0.6) is 0 Å². The Labute approximate surface area is 294 Å². The van der Waals surface area contributed by atoms with Gasteiger partial charge in [-0.1, -0.05) is 226 Å². The van der Waals surface area contributed by atoms with Crippen molar-refractivity contribution in [3.8, 4) is 0 Å². The number of hydrogen-bond acceptors (Lipinski definition) is 4. The maximum atomic E-state index is 12.4. The summed E-state index contributed by atoms with van der Waals surface area (Å²) in [5.74, 6) is -0.471. The van der Waals surface area contributed by atoms with Crippen LogP contribution >= 0.6 is 0 Å². The van der Waals surface area contributed by atoms with Crippen LogP contribution in [-0.4, -0.2) is 46.1 Å². The monoisotopic (exact) mass is 668 g/mol. The third kappa shape index (κ3) is 33.6. The first-order chi connectivity index (χ1) is 23.1. The highest BCUT2D eigenvalue weighted by atomic mass is 16.3. The Morgan fingerprint density at radius 3 is 0.957 bits per heavy atom. The Balaban J connectivity index is 3.48. The molecule has 1 amide bonds. The van der Waals surface area contributed by atoms with Gasteiger partial charge in [0, 0.05) is 0 Å². The number of rotatable bonds is 39. The summed E-state index contributed by atoms with van der Waals surface area (Å²) in [5.41, 5.74) is 0. The zero-order valence-electron chi connectivity index (χ0n) is 31.9. The standard InChI is InChI=1S/C42H85NO4/c1-3-5-7-9-11-13-14-15-16-17-18-19-20-21-22-23-24-25-26-27-28-29-31-32-34-36-40(45)39(38-44)43-42(47)41(46)37-35-33-30-12-10-8-6-4-2/h39-41,44-46H,3-38H2,1-2H3,(H,43,47). The zero-order chi connectivity index (χ0) is 34.5. The van der Waals surface area contributed by atoms with Crippen molar-refractivity contribution in [3.63, 3.8) is 0 Å². The van der Waals surface area contributed by atoms with Crippen LogP contribution in [0, 0.1) is 0 Å². The van der Waals surface area contributed by atoms with Gasteiger partial charge in [0.15, 0.2) is 0 Å². The van der Waals surface area contributed by atoms with Gasteiger partial charge in [-0.15, -0.1) is 0 Å². The van der Waals surface area contributed by atoms with Gasteiger partial charge in [0.2, 0.25) is 5.91 Å². The fraction of sp³-hybridized carbons (Fsp3) is 0.976. The number of carbonyl (C=O) groups is 1. The highest BCUT2D eigenvalue weighted by molar-refractivity contribution is 5.80. The van der Waals surface area contributed by atoms with Crippen LogP contribution in [0.4, 0.5) is 0 Å². The van der Waals surface area contributed by atoms with Crippen molar-refractivity contribution in [2.24, 2.45) is 0 Å². The zero-order valence-corrected chi connectivity index (χ0v) is 31.9. The van der Waals surface area contributed by atoms with Crippen molar-refractivity contribution in [1.29, 1.82) is 0 Å². The number of aliphatic hydroxyl groups excluding tert-OH is 3. The normalized spacial score (nSPS) is 13.6. The average molecular weight is 668 g/mol. The van der Waals surface area contributed by atoms with Gasteiger partial charge in [-0.2, -0.15) is 0 Å². The molecule has 0 aromatic heterocycles. The number of unbranched alkanes of at least 4 members (excludes halogenated alkanes) is 31. The summed E-state index contributed by atoms with van der Waals surface area (Å²) in [6.45, 7) is 4.20. The number of hydrogen-bond donors (Lipinski definition) is 4. The summed E-state index contributed by atoms with van der Waals surface area (Å²) in [6, 6.07) is -0.704. The molecule has 4 N–H and O–H groups in total. The SMILES string of the molecule is CCCCCCCCCCCCCCCCCCCCCCCCCCCC(O)C(CO)NC(=O)C(O)CCCCCCCCCC. The van der Waals surface area contributed by atoms with Crippen LogP contribution in [0.25, 0.3) is 0 Å². The first-order valence-electron chi connectivity index (χ1n) is 21.3. The van der Waals surface area contributed by atoms with Crippen molar-refractivity contribution in [3.05, 3.63) is 0 Å². The molecule has 5 nitrogen and oxygen atoms in total. The van der Waals surface area contributed by atoms with E-state index in [9.17, 15) is 20.1 Å². The number of carbonyl (C=O) groups excluding carboxylic acids is 1. The molecule has 0 heterocycles. The first kappa shape index (κ1) is 46.4. The summed E-state index contributed by atoms with van der Waals surface area (Å²) in [4.78, 5) is 12.4. The van der Waals surface area contributed by atoms with Crippen LogP contribution < -0.4 is 5.32 Å². The largest absolute Gasteiger partial charge is 0.394 e. The summed E-state index contributed by atoms with van der Waals surface area (Å²) in [5, 5.41) is 33.1. The minimum Gasteiger partial charge on any atom is -0.394 e. The fourth-order valence-corrected chi connectivity index (χ4v) is 6.84. The molecule has 0 bridgehead atoms. The lowest BCUT2D eigenvalue weighted by Crippen LogP contribution is -2.49. The molecule has 0 aromatic carbocycles. The Bertz CT molecular complexity index is 615. The molecule has 0 aromatic rings. The Hall–Kier alpha value is -0.650. The van der Waals surface area contributed by atoms with Gasteiger partial charge in [0.05, 0.1) is 18.8 Å². The maximum Gasteiger partial charge on any atom is 0.249 e. The second-order valence-corrected chi connectivity index (χ2v) is 14.9. The molecular weight excluding hydrogens is 582 g/mol. The highest BCUT2D eigenvalue weighted by Gasteiger charge is 2.23. The third-order valence-corrected chi connectivity index (χ3v) is 10.2. The molecule has 0 aliphatic heterocycles. The van der Waals surface area contributed by atoms with E-state index in [4.69, 9.17) is 0 Å². The Morgan fingerprint density at radius 1 is 0.426 bits per heavy atom. The first-order valence-corrected chi connectivity index (χ1v) is 21.3. The Morgan fingerprint density at radius 2 is 0.681 bits per heavy atom. The lowest BCUT2D eigenvalue weighted by atomic mass is 10.0.